The largest absolute Gasteiger partial charge is 0.362 e. The van der Waals surface area contributed by atoms with Crippen LogP contribution in [0.25, 0.3) is 0 Å². The highest BCUT2D eigenvalue weighted by molar-refractivity contribution is 5.82. The van der Waals surface area contributed by atoms with Gasteiger partial charge in [-0.05, 0) is 49.8 Å². The molecule has 3 rings (SSSR count). The highest BCUT2D eigenvalue weighted by Gasteiger charge is 2.25. The van der Waals surface area contributed by atoms with E-state index in [-0.39, 0.29) is 11.9 Å². The molecule has 1 saturated carbocycles. The summed E-state index contributed by atoms with van der Waals surface area (Å²) in [4.78, 5) is 14.2. The van der Waals surface area contributed by atoms with Crippen molar-refractivity contribution in [2.75, 3.05) is 18.0 Å². The Labute approximate surface area is 120 Å². The first-order valence-electron chi connectivity index (χ1n) is 7.56. The molecule has 1 amide bonds. The maximum atomic E-state index is 12.0. The molecule has 1 atom stereocenters. The van der Waals surface area contributed by atoms with Crippen LogP contribution in [0.1, 0.15) is 43.4 Å². The topological polar surface area (TPSA) is 58.4 Å². The Kier molecular flexibility index (Phi) is 3.66. The number of amides is 1. The van der Waals surface area contributed by atoms with Crippen LogP contribution in [-0.2, 0) is 11.2 Å². The minimum absolute atomic E-state index is 0.0637. The molecule has 0 spiro atoms. The number of hydrogen-bond donors (Lipinski definition) is 2. The summed E-state index contributed by atoms with van der Waals surface area (Å²) in [6, 6.07) is 6.91. The molecule has 0 radical (unpaired) electrons. The number of carbonyl (C=O) groups is 1. The van der Waals surface area contributed by atoms with Gasteiger partial charge >= 0.3 is 0 Å². The lowest BCUT2D eigenvalue weighted by Gasteiger charge is -2.31. The SMILES string of the molecule is CC(N)c1ccc2c(c1)CCCN2CC(=O)NC1CC1. The molecule has 1 unspecified atom stereocenters. The second-order valence-electron chi connectivity index (χ2n) is 6.04. The van der Waals surface area contributed by atoms with Gasteiger partial charge in [-0.15, -0.1) is 0 Å². The maximum Gasteiger partial charge on any atom is 0.239 e. The van der Waals surface area contributed by atoms with Crippen molar-refractivity contribution in [1.29, 1.82) is 0 Å². The van der Waals surface area contributed by atoms with Crippen molar-refractivity contribution < 1.29 is 4.79 Å². The molecule has 108 valence electrons. The maximum absolute atomic E-state index is 12.0. The fraction of sp³-hybridized carbons (Fsp3) is 0.562. The van der Waals surface area contributed by atoms with Gasteiger partial charge in [-0.1, -0.05) is 12.1 Å². The Balaban J connectivity index is 1.73. The zero-order valence-electron chi connectivity index (χ0n) is 12.1. The molecule has 1 aromatic rings. The lowest BCUT2D eigenvalue weighted by atomic mass is 9.97. The smallest absolute Gasteiger partial charge is 0.239 e. The molecule has 0 saturated heterocycles. The lowest BCUT2D eigenvalue weighted by molar-refractivity contribution is -0.119. The summed E-state index contributed by atoms with van der Waals surface area (Å²) >= 11 is 0. The number of anilines is 1. The highest BCUT2D eigenvalue weighted by Crippen LogP contribution is 2.29. The van der Waals surface area contributed by atoms with Crippen molar-refractivity contribution in [2.24, 2.45) is 5.73 Å². The molecule has 1 aliphatic heterocycles. The van der Waals surface area contributed by atoms with E-state index >= 15 is 0 Å². The van der Waals surface area contributed by atoms with Crippen molar-refractivity contribution in [3.8, 4) is 0 Å². The average molecular weight is 273 g/mol. The fourth-order valence-corrected chi connectivity index (χ4v) is 2.82. The Morgan fingerprint density at radius 1 is 1.50 bits per heavy atom. The second-order valence-corrected chi connectivity index (χ2v) is 6.04. The van der Waals surface area contributed by atoms with Gasteiger partial charge in [0.25, 0.3) is 0 Å². The summed E-state index contributed by atoms with van der Waals surface area (Å²) in [5.41, 5.74) is 9.65. The molecule has 0 aromatic heterocycles. The van der Waals surface area contributed by atoms with E-state index in [9.17, 15) is 4.79 Å². The van der Waals surface area contributed by atoms with Gasteiger partial charge in [0.1, 0.15) is 0 Å². The molecule has 1 aromatic carbocycles. The number of benzene rings is 1. The summed E-state index contributed by atoms with van der Waals surface area (Å²) in [6.45, 7) is 3.44. The predicted molar refractivity (Wildman–Crippen MR) is 80.7 cm³/mol. The fourth-order valence-electron chi connectivity index (χ4n) is 2.82. The normalized spacial score (nSPS) is 19.4. The van der Waals surface area contributed by atoms with Crippen LogP contribution in [-0.4, -0.2) is 25.0 Å². The Hall–Kier alpha value is -1.55. The van der Waals surface area contributed by atoms with Gasteiger partial charge in [0.15, 0.2) is 0 Å². The number of nitrogens with one attached hydrogen (secondary N) is 1. The summed E-state index contributed by atoms with van der Waals surface area (Å²) < 4.78 is 0. The van der Waals surface area contributed by atoms with E-state index < -0.39 is 0 Å². The monoisotopic (exact) mass is 273 g/mol. The molecular formula is C16H23N3O. The van der Waals surface area contributed by atoms with Crippen LogP contribution >= 0.6 is 0 Å². The molecule has 20 heavy (non-hydrogen) atoms. The van der Waals surface area contributed by atoms with E-state index in [4.69, 9.17) is 5.73 Å². The summed E-state index contributed by atoms with van der Waals surface area (Å²) in [6.07, 6.45) is 4.46. The van der Waals surface area contributed by atoms with Gasteiger partial charge in [-0.3, -0.25) is 4.79 Å². The van der Waals surface area contributed by atoms with Gasteiger partial charge < -0.3 is 16.0 Å². The van der Waals surface area contributed by atoms with Gasteiger partial charge in [0.05, 0.1) is 6.54 Å². The first kappa shape index (κ1) is 13.4. The molecule has 4 heteroatoms. The third kappa shape index (κ3) is 2.96. The zero-order valence-corrected chi connectivity index (χ0v) is 12.1. The third-order valence-corrected chi connectivity index (χ3v) is 4.12. The number of aryl methyl sites for hydroxylation is 1. The van der Waals surface area contributed by atoms with Gasteiger partial charge in [-0.25, -0.2) is 0 Å². The van der Waals surface area contributed by atoms with E-state index in [1.807, 2.05) is 6.92 Å². The minimum atomic E-state index is 0.0637. The number of rotatable bonds is 4. The van der Waals surface area contributed by atoms with Crippen LogP contribution in [0.15, 0.2) is 18.2 Å². The Bertz CT molecular complexity index is 508. The van der Waals surface area contributed by atoms with Crippen LogP contribution in [0.4, 0.5) is 5.69 Å². The second kappa shape index (κ2) is 5.44. The average Bonchev–Trinajstić information content (AvgIpc) is 3.22. The van der Waals surface area contributed by atoms with Crippen molar-refractivity contribution >= 4 is 11.6 Å². The van der Waals surface area contributed by atoms with E-state index in [1.165, 1.54) is 16.8 Å². The van der Waals surface area contributed by atoms with Crippen molar-refractivity contribution in [1.82, 2.24) is 5.32 Å². The minimum Gasteiger partial charge on any atom is -0.362 e. The van der Waals surface area contributed by atoms with Gasteiger partial charge in [-0.2, -0.15) is 0 Å². The van der Waals surface area contributed by atoms with Crippen molar-refractivity contribution in [3.63, 3.8) is 0 Å². The van der Waals surface area contributed by atoms with Crippen molar-refractivity contribution in [3.05, 3.63) is 29.3 Å². The van der Waals surface area contributed by atoms with Crippen LogP contribution in [0.2, 0.25) is 0 Å². The molecule has 1 heterocycles. The number of fused-ring (bicyclic) bond motifs is 1. The van der Waals surface area contributed by atoms with Crippen LogP contribution < -0.4 is 16.0 Å². The summed E-state index contributed by atoms with van der Waals surface area (Å²) in [7, 11) is 0. The number of nitrogens with zero attached hydrogens (tertiary/aromatic N) is 1. The molecule has 1 aliphatic carbocycles. The lowest BCUT2D eigenvalue weighted by Crippen LogP contribution is -2.40. The standard InChI is InChI=1S/C16H23N3O/c1-11(17)12-4-7-15-13(9-12)3-2-8-19(15)10-16(20)18-14-5-6-14/h4,7,9,11,14H,2-3,5-6,8,10,17H2,1H3,(H,18,20). The Morgan fingerprint density at radius 2 is 2.30 bits per heavy atom. The first-order valence-corrected chi connectivity index (χ1v) is 7.56. The third-order valence-electron chi connectivity index (χ3n) is 4.12. The van der Waals surface area contributed by atoms with Gasteiger partial charge in [0.2, 0.25) is 5.91 Å². The van der Waals surface area contributed by atoms with E-state index in [2.05, 4.69) is 28.4 Å². The van der Waals surface area contributed by atoms with Crippen LogP contribution in [0.3, 0.4) is 0 Å². The molecule has 2 aliphatic rings. The molecule has 4 nitrogen and oxygen atoms in total. The molecule has 3 N–H and O–H groups in total. The van der Waals surface area contributed by atoms with E-state index in [0.29, 0.717) is 12.6 Å². The highest BCUT2D eigenvalue weighted by atomic mass is 16.2. The number of carbonyl (C=O) groups excluding carboxylic acids is 1. The number of nitrogens with two attached hydrogens (primary N) is 1. The number of hydrogen-bond acceptors (Lipinski definition) is 3. The summed E-state index contributed by atoms with van der Waals surface area (Å²) in [5.74, 6) is 0.150. The molecule has 1 fully saturated rings. The zero-order chi connectivity index (χ0) is 14.1. The summed E-state index contributed by atoms with van der Waals surface area (Å²) in [5, 5.41) is 3.06. The van der Waals surface area contributed by atoms with E-state index in [0.717, 1.165) is 32.2 Å². The Morgan fingerprint density at radius 3 is 3.00 bits per heavy atom. The van der Waals surface area contributed by atoms with E-state index in [1.54, 1.807) is 0 Å². The van der Waals surface area contributed by atoms with Crippen molar-refractivity contribution in [2.45, 2.75) is 44.7 Å². The first-order chi connectivity index (χ1) is 9.63. The molecule has 0 bridgehead atoms. The quantitative estimate of drug-likeness (QED) is 0.878. The molecular weight excluding hydrogens is 250 g/mol. The van der Waals surface area contributed by atoms with Crippen LogP contribution in [0, 0.1) is 0 Å². The predicted octanol–water partition coefficient (Wildman–Crippen LogP) is 1.74. The van der Waals surface area contributed by atoms with Crippen LogP contribution in [0.5, 0.6) is 0 Å². The van der Waals surface area contributed by atoms with Gasteiger partial charge in [0, 0.05) is 24.3 Å².